The zero-order valence-corrected chi connectivity index (χ0v) is 31.2. The fraction of sp³-hybridized carbons (Fsp3) is 0.368. The molecule has 0 saturated heterocycles. The van der Waals surface area contributed by atoms with Gasteiger partial charge in [0.1, 0.15) is 34.2 Å². The van der Waals surface area contributed by atoms with Gasteiger partial charge in [-0.3, -0.25) is 9.05 Å². The van der Waals surface area contributed by atoms with E-state index in [-0.39, 0.29) is 35.5 Å². The molecule has 0 amide bonds. The molecule has 0 spiro atoms. The summed E-state index contributed by atoms with van der Waals surface area (Å²) in [5.41, 5.74) is 6.93. The van der Waals surface area contributed by atoms with Crippen LogP contribution in [0.15, 0.2) is 69.1 Å². The molecule has 0 unspecified atom stereocenters. The molecule has 0 fully saturated rings. The number of aromatic hydroxyl groups is 2. The first-order valence-electron chi connectivity index (χ1n) is 16.0. The maximum atomic E-state index is 9.98. The van der Waals surface area contributed by atoms with Gasteiger partial charge >= 0.3 is 16.8 Å². The van der Waals surface area contributed by atoms with Crippen molar-refractivity contribution >= 4 is 38.8 Å². The van der Waals surface area contributed by atoms with Gasteiger partial charge in [0.2, 0.25) is 0 Å². The Hall–Kier alpha value is -3.67. The molecular weight excluding hydrogens is 646 g/mol. The third-order valence-corrected chi connectivity index (χ3v) is 10.0. The van der Waals surface area contributed by atoms with Gasteiger partial charge in [0.15, 0.2) is 0 Å². The van der Waals surface area contributed by atoms with Crippen molar-refractivity contribution in [2.45, 2.75) is 80.1 Å². The lowest BCUT2D eigenvalue weighted by Gasteiger charge is -2.21. The number of phenols is 2. The van der Waals surface area contributed by atoms with Crippen molar-refractivity contribution < 1.29 is 36.7 Å². The quantitative estimate of drug-likeness (QED) is 0.116. The first-order chi connectivity index (χ1) is 22.5. The molecule has 8 nitrogen and oxygen atoms in total. The van der Waals surface area contributed by atoms with E-state index in [4.69, 9.17) is 26.5 Å². The number of hydrogen-bond donors (Lipinski definition) is 2. The van der Waals surface area contributed by atoms with E-state index in [1.807, 2.05) is 0 Å². The molecule has 256 valence electrons. The van der Waals surface area contributed by atoms with Gasteiger partial charge in [-0.05, 0) is 109 Å². The molecule has 48 heavy (non-hydrogen) atoms. The molecule has 0 aliphatic carbocycles. The minimum Gasteiger partial charge on any atom is -0.508 e. The van der Waals surface area contributed by atoms with Crippen LogP contribution in [0.25, 0.3) is 21.9 Å². The molecule has 10 heteroatoms. The Morgan fingerprint density at radius 2 is 1.06 bits per heavy atom. The molecule has 0 aliphatic rings. The van der Waals surface area contributed by atoms with Gasteiger partial charge in [0.25, 0.3) is 0 Å². The zero-order chi connectivity index (χ0) is 35.0. The highest BCUT2D eigenvalue weighted by atomic mass is 31.2. The molecule has 4 aromatic carbocycles. The topological polar surface area (TPSA) is 104 Å². The summed E-state index contributed by atoms with van der Waals surface area (Å²) in [6.45, 7) is 21.1. The average Bonchev–Trinajstić information content (AvgIpc) is 3.13. The number of aryl methyl sites for hydroxylation is 4. The number of phenolic OH excluding ortho intramolecular Hbond substituents is 2. The predicted octanol–water partition coefficient (Wildman–Crippen LogP) is 11.4. The van der Waals surface area contributed by atoms with Crippen molar-refractivity contribution in [2.24, 2.45) is 0 Å². The monoisotopic (exact) mass is 692 g/mol. The molecule has 0 radical (unpaired) electrons. The van der Waals surface area contributed by atoms with E-state index in [1.165, 1.54) is 0 Å². The Labute approximate surface area is 285 Å². The van der Waals surface area contributed by atoms with Crippen LogP contribution >= 0.6 is 16.8 Å². The van der Waals surface area contributed by atoms with Crippen molar-refractivity contribution in [3.63, 3.8) is 0 Å². The Bertz CT molecular complexity index is 1850. The maximum Gasteiger partial charge on any atom is 0.463 e. The van der Waals surface area contributed by atoms with Crippen LogP contribution in [0.3, 0.4) is 0 Å². The fourth-order valence-corrected chi connectivity index (χ4v) is 7.31. The van der Waals surface area contributed by atoms with Gasteiger partial charge in [0, 0.05) is 21.9 Å². The Kier molecular flexibility index (Phi) is 10.4. The summed E-state index contributed by atoms with van der Waals surface area (Å²) in [5.74, 6) is 1.30. The molecule has 0 saturated carbocycles. The summed E-state index contributed by atoms with van der Waals surface area (Å²) < 4.78 is 37.9. The Morgan fingerprint density at radius 1 is 0.625 bits per heavy atom. The molecule has 1 heterocycles. The number of rotatable bonds is 9. The largest absolute Gasteiger partial charge is 0.508 e. The van der Waals surface area contributed by atoms with E-state index in [2.05, 4.69) is 79.7 Å². The predicted molar refractivity (Wildman–Crippen MR) is 194 cm³/mol. The Morgan fingerprint density at radius 3 is 1.46 bits per heavy atom. The summed E-state index contributed by atoms with van der Waals surface area (Å²) in [6.07, 6.45) is 0. The smallest absolute Gasteiger partial charge is 0.463 e. The van der Waals surface area contributed by atoms with Crippen LogP contribution in [-0.4, -0.2) is 23.4 Å². The molecule has 0 bridgehead atoms. The van der Waals surface area contributed by atoms with Crippen LogP contribution in [-0.2, 0) is 15.4 Å². The van der Waals surface area contributed by atoms with Crippen LogP contribution in [0.5, 0.6) is 23.0 Å². The molecule has 0 aliphatic heterocycles. The van der Waals surface area contributed by atoms with Crippen LogP contribution in [0.1, 0.15) is 74.9 Å². The summed E-state index contributed by atoms with van der Waals surface area (Å²) in [4.78, 5) is 0. The van der Waals surface area contributed by atoms with E-state index in [9.17, 15) is 10.2 Å². The summed E-state index contributed by atoms with van der Waals surface area (Å²) in [7, 11) is -3.81. The van der Waals surface area contributed by atoms with E-state index >= 15 is 0 Å². The lowest BCUT2D eigenvalue weighted by Crippen LogP contribution is -2.12. The molecule has 0 atom stereocenters. The highest BCUT2D eigenvalue weighted by molar-refractivity contribution is 7.42. The highest BCUT2D eigenvalue weighted by Crippen LogP contribution is 2.45. The zero-order valence-electron chi connectivity index (χ0n) is 29.4. The van der Waals surface area contributed by atoms with E-state index in [0.29, 0.717) is 22.6 Å². The van der Waals surface area contributed by atoms with Crippen molar-refractivity contribution in [1.82, 2.24) is 0 Å². The third-order valence-electron chi connectivity index (χ3n) is 7.88. The second-order valence-corrected chi connectivity index (χ2v) is 16.4. The SMILES string of the molecule is Cc1cc(C(C)(C)C)c2op(OCCOP(Oc3ccc(O)c(C)c3)Oc3ccc(O)c(C)c3)oc3c(C(C)(C)C)cc(C)cc3c2c1. The first kappa shape index (κ1) is 35.6. The van der Waals surface area contributed by atoms with Crippen molar-refractivity contribution in [3.8, 4) is 23.0 Å². The summed E-state index contributed by atoms with van der Waals surface area (Å²) >= 11 is 0. The first-order valence-corrected chi connectivity index (χ1v) is 18.2. The number of fused-ring (bicyclic) bond motifs is 3. The van der Waals surface area contributed by atoms with E-state index in [1.54, 1.807) is 50.2 Å². The second kappa shape index (κ2) is 14.1. The molecule has 5 aromatic rings. The van der Waals surface area contributed by atoms with Crippen molar-refractivity contribution in [3.05, 3.63) is 94.0 Å². The Balaban J connectivity index is 1.49. The van der Waals surface area contributed by atoms with Crippen molar-refractivity contribution in [1.29, 1.82) is 0 Å². The van der Waals surface area contributed by atoms with Crippen LogP contribution in [0.2, 0.25) is 0 Å². The standard InChI is InChI=1S/C38H46O8P2/c1-23-17-29-30-18-24(2)20-32(38(8,9)10)36(30)46-48(45-35(29)31(19-23)37(5,6)7)42-16-15-41-47(43-27-11-13-33(39)25(3)21-27)44-28-12-14-34(40)26(4)22-28/h11-14,17-22,39-40H,15-16H2,1-10H3. The van der Waals surface area contributed by atoms with Gasteiger partial charge in [-0.15, -0.1) is 0 Å². The highest BCUT2D eigenvalue weighted by Gasteiger charge is 2.25. The third kappa shape index (κ3) is 8.30. The van der Waals surface area contributed by atoms with Crippen LogP contribution in [0, 0.1) is 27.7 Å². The van der Waals surface area contributed by atoms with Gasteiger partial charge in [-0.1, -0.05) is 53.7 Å². The minimum atomic E-state index is -1.94. The normalized spacial score (nSPS) is 12.2. The maximum absolute atomic E-state index is 9.98. The van der Waals surface area contributed by atoms with Crippen molar-refractivity contribution in [2.75, 3.05) is 13.2 Å². The minimum absolute atomic E-state index is 0.116. The lowest BCUT2D eigenvalue weighted by atomic mass is 9.83. The number of hydrogen-bond acceptors (Lipinski definition) is 8. The van der Waals surface area contributed by atoms with Gasteiger partial charge in [-0.2, -0.15) is 0 Å². The molecular formula is C38H46O8P2. The van der Waals surface area contributed by atoms with Gasteiger partial charge in [-0.25, -0.2) is 0 Å². The van der Waals surface area contributed by atoms with Gasteiger partial charge in [0.05, 0.1) is 13.2 Å². The lowest BCUT2D eigenvalue weighted by molar-refractivity contribution is 0.220. The van der Waals surface area contributed by atoms with E-state index in [0.717, 1.165) is 44.2 Å². The fourth-order valence-electron chi connectivity index (χ4n) is 5.31. The summed E-state index contributed by atoms with van der Waals surface area (Å²) in [6, 6.07) is 18.5. The van der Waals surface area contributed by atoms with Crippen LogP contribution < -0.4 is 13.6 Å². The average molecular weight is 693 g/mol. The summed E-state index contributed by atoms with van der Waals surface area (Å²) in [5, 5.41) is 22.0. The molecule has 1 aromatic heterocycles. The number of benzene rings is 4. The second-order valence-electron chi connectivity index (χ2n) is 14.3. The van der Waals surface area contributed by atoms with E-state index < -0.39 is 16.8 Å². The van der Waals surface area contributed by atoms with Gasteiger partial charge < -0.3 is 27.7 Å². The van der Waals surface area contributed by atoms with Crippen LogP contribution in [0.4, 0.5) is 0 Å². The molecule has 5 rings (SSSR count). The molecule has 2 N–H and O–H groups in total.